The molecule has 190 valence electrons. The molecule has 0 spiro atoms. The molecule has 7 heteroatoms. The molecule has 0 saturated heterocycles. The van der Waals surface area contributed by atoms with Crippen LogP contribution in [0.3, 0.4) is 0 Å². The van der Waals surface area contributed by atoms with Crippen LogP contribution in [0.4, 0.5) is 0 Å². The second kappa shape index (κ2) is 9.47. The number of ether oxygens (including phenoxy) is 1. The van der Waals surface area contributed by atoms with Crippen molar-refractivity contribution in [2.75, 3.05) is 6.61 Å². The maximum atomic E-state index is 13.1. The highest BCUT2D eigenvalue weighted by Gasteiger charge is 2.63. The lowest BCUT2D eigenvalue weighted by Crippen LogP contribution is -2.52. The molecule has 3 rings (SSSR count). The lowest BCUT2D eigenvalue weighted by Gasteiger charge is -2.38. The van der Waals surface area contributed by atoms with Crippen LogP contribution in [0.5, 0.6) is 5.75 Å². The van der Waals surface area contributed by atoms with Crippen LogP contribution in [0.25, 0.3) is 6.08 Å². The van der Waals surface area contributed by atoms with Gasteiger partial charge in [-0.1, -0.05) is 32.9 Å². The lowest BCUT2D eigenvalue weighted by atomic mass is 9.70. The molecule has 2 aliphatic rings. The zero-order chi connectivity index (χ0) is 25.6. The minimum Gasteiger partial charge on any atom is -0.494 e. The molecular weight excluding hydrogens is 473 g/mol. The number of rotatable bonds is 10. The standard InChI is InChI=1S/C27H46O4Si3/c1-26(2)24-16-17-27(26,3)25(28)23(24)20-21-12-14-22(15-13-21)29-18-11-19-34(10,30-32(4,5)6)31-33(7,8)9/h12-15,20,24H,11,16-19H2,1-10H3/b23-20+. The maximum Gasteiger partial charge on any atom is 0.314 e. The van der Waals surface area contributed by atoms with Crippen molar-refractivity contribution in [3.63, 3.8) is 0 Å². The van der Waals surface area contributed by atoms with Crippen LogP contribution in [0, 0.1) is 16.7 Å². The highest BCUT2D eigenvalue weighted by atomic mass is 28.5. The van der Waals surface area contributed by atoms with Gasteiger partial charge >= 0.3 is 8.56 Å². The SMILES string of the molecule is CC12CCC(/C(=C\c3ccc(OCCC[Si](C)(O[Si](C)(C)C)O[Si](C)(C)C)cc3)C1=O)C2(C)C. The van der Waals surface area contributed by atoms with E-state index >= 15 is 0 Å². The summed E-state index contributed by atoms with van der Waals surface area (Å²) < 4.78 is 19.2. The van der Waals surface area contributed by atoms with E-state index in [2.05, 4.69) is 84.8 Å². The van der Waals surface area contributed by atoms with Gasteiger partial charge < -0.3 is 13.0 Å². The molecule has 2 aliphatic carbocycles. The Balaban J connectivity index is 1.57. The summed E-state index contributed by atoms with van der Waals surface area (Å²) in [5.74, 6) is 1.59. The summed E-state index contributed by atoms with van der Waals surface area (Å²) in [6.45, 7) is 23.0. The predicted octanol–water partition coefficient (Wildman–Crippen LogP) is 7.64. The first-order valence-electron chi connectivity index (χ1n) is 12.9. The third-order valence-electron chi connectivity index (χ3n) is 7.66. The molecular formula is C27H46O4Si3. The second-order valence-corrected chi connectivity index (χ2v) is 26.0. The molecule has 0 amide bonds. The van der Waals surface area contributed by atoms with Crippen molar-refractivity contribution in [3.8, 4) is 5.75 Å². The topological polar surface area (TPSA) is 44.8 Å². The first-order chi connectivity index (χ1) is 15.5. The van der Waals surface area contributed by atoms with Crippen molar-refractivity contribution in [2.45, 2.75) is 91.9 Å². The quantitative estimate of drug-likeness (QED) is 0.181. The summed E-state index contributed by atoms with van der Waals surface area (Å²) >= 11 is 0. The number of benzene rings is 1. The van der Waals surface area contributed by atoms with Gasteiger partial charge in [-0.3, -0.25) is 4.79 Å². The Bertz CT molecular complexity index is 909. The van der Waals surface area contributed by atoms with Crippen LogP contribution in [0.2, 0.25) is 51.9 Å². The van der Waals surface area contributed by atoms with Crippen LogP contribution >= 0.6 is 0 Å². The van der Waals surface area contributed by atoms with E-state index in [1.165, 1.54) is 0 Å². The van der Waals surface area contributed by atoms with E-state index in [4.69, 9.17) is 13.0 Å². The Morgan fingerprint density at radius 1 is 0.941 bits per heavy atom. The van der Waals surface area contributed by atoms with Crippen LogP contribution in [0.15, 0.2) is 29.8 Å². The monoisotopic (exact) mass is 518 g/mol. The fourth-order valence-electron chi connectivity index (χ4n) is 5.94. The molecule has 2 atom stereocenters. The highest BCUT2D eigenvalue weighted by Crippen LogP contribution is 2.65. The number of allylic oxidation sites excluding steroid dienone is 1. The molecule has 0 aromatic heterocycles. The first-order valence-corrected chi connectivity index (χ1v) is 22.2. The van der Waals surface area contributed by atoms with Crippen LogP contribution in [-0.2, 0) is 13.0 Å². The third-order valence-corrected chi connectivity index (χ3v) is 17.3. The van der Waals surface area contributed by atoms with E-state index in [9.17, 15) is 4.79 Å². The van der Waals surface area contributed by atoms with Crippen molar-refractivity contribution >= 4 is 37.1 Å². The number of Topliss-reactive ketones (excluding diaryl/α,β-unsaturated/α-hetero) is 1. The Morgan fingerprint density at radius 3 is 1.97 bits per heavy atom. The summed E-state index contributed by atoms with van der Waals surface area (Å²) in [7, 11) is -5.56. The minimum absolute atomic E-state index is 0.0508. The fraction of sp³-hybridized carbons (Fsp3) is 0.667. The molecule has 34 heavy (non-hydrogen) atoms. The van der Waals surface area contributed by atoms with E-state index in [1.54, 1.807) is 0 Å². The number of hydrogen-bond donors (Lipinski definition) is 0. The van der Waals surface area contributed by atoms with Crippen molar-refractivity contribution in [1.29, 1.82) is 0 Å². The lowest BCUT2D eigenvalue weighted by molar-refractivity contribution is -0.125. The molecule has 2 fully saturated rings. The fourth-order valence-corrected chi connectivity index (χ4v) is 18.4. The Labute approximate surface area is 211 Å². The van der Waals surface area contributed by atoms with Gasteiger partial charge in [0.2, 0.25) is 0 Å². The highest BCUT2D eigenvalue weighted by molar-refractivity contribution is 6.87. The normalized spacial score (nSPS) is 25.9. The average molecular weight is 519 g/mol. The maximum absolute atomic E-state index is 13.1. The smallest absolute Gasteiger partial charge is 0.314 e. The summed E-state index contributed by atoms with van der Waals surface area (Å²) in [4.78, 5) is 13.1. The van der Waals surface area contributed by atoms with Crippen molar-refractivity contribution in [2.24, 2.45) is 16.7 Å². The van der Waals surface area contributed by atoms with Gasteiger partial charge in [0.25, 0.3) is 0 Å². The summed E-state index contributed by atoms with van der Waals surface area (Å²) in [6.07, 6.45) is 5.17. The number of carbonyl (C=O) groups excluding carboxylic acids is 1. The largest absolute Gasteiger partial charge is 0.494 e. The molecule has 4 nitrogen and oxygen atoms in total. The molecule has 0 N–H and O–H groups in total. The van der Waals surface area contributed by atoms with Crippen LogP contribution < -0.4 is 4.74 Å². The zero-order valence-electron chi connectivity index (χ0n) is 23.1. The minimum atomic E-state index is -2.22. The van der Waals surface area contributed by atoms with Crippen molar-refractivity contribution < 1.29 is 17.8 Å². The molecule has 1 aromatic rings. The molecule has 0 radical (unpaired) electrons. The van der Waals surface area contributed by atoms with Gasteiger partial charge in [-0.2, -0.15) is 0 Å². The van der Waals surface area contributed by atoms with Crippen molar-refractivity contribution in [3.05, 3.63) is 35.4 Å². The van der Waals surface area contributed by atoms with Crippen LogP contribution in [0.1, 0.15) is 45.6 Å². The average Bonchev–Trinajstić information content (AvgIpc) is 2.97. The summed E-state index contributed by atoms with van der Waals surface area (Å²) in [6, 6.07) is 9.12. The van der Waals surface area contributed by atoms with E-state index in [-0.39, 0.29) is 10.8 Å². The molecule has 0 heterocycles. The number of hydrogen-bond acceptors (Lipinski definition) is 4. The first kappa shape index (κ1) is 27.6. The molecule has 2 unspecified atom stereocenters. The Kier molecular flexibility index (Phi) is 7.68. The van der Waals surface area contributed by atoms with E-state index in [0.29, 0.717) is 18.3 Å². The zero-order valence-corrected chi connectivity index (χ0v) is 26.1. The Hall–Kier alpha value is -0.999. The molecule has 2 saturated carbocycles. The number of ketones is 1. The number of carbonyl (C=O) groups is 1. The summed E-state index contributed by atoms with van der Waals surface area (Å²) in [5, 5.41) is 0. The molecule has 0 aliphatic heterocycles. The van der Waals surface area contributed by atoms with Gasteiger partial charge in [0, 0.05) is 5.41 Å². The van der Waals surface area contributed by atoms with Gasteiger partial charge in [-0.05, 0) is 112 Å². The predicted molar refractivity (Wildman–Crippen MR) is 149 cm³/mol. The second-order valence-electron chi connectivity index (χ2n) is 13.2. The van der Waals surface area contributed by atoms with E-state index < -0.39 is 25.2 Å². The Morgan fingerprint density at radius 2 is 1.50 bits per heavy atom. The third kappa shape index (κ3) is 6.03. The molecule has 1 aromatic carbocycles. The summed E-state index contributed by atoms with van der Waals surface area (Å²) in [5.41, 5.74) is 1.94. The van der Waals surface area contributed by atoms with E-state index in [0.717, 1.165) is 42.2 Å². The van der Waals surface area contributed by atoms with Gasteiger partial charge in [0.1, 0.15) is 5.75 Å². The van der Waals surface area contributed by atoms with Gasteiger partial charge in [0.15, 0.2) is 22.4 Å². The molecule has 2 bridgehead atoms. The van der Waals surface area contributed by atoms with Crippen molar-refractivity contribution in [1.82, 2.24) is 0 Å². The van der Waals surface area contributed by atoms with Gasteiger partial charge in [-0.15, -0.1) is 0 Å². The van der Waals surface area contributed by atoms with Gasteiger partial charge in [-0.25, -0.2) is 0 Å². The van der Waals surface area contributed by atoms with Gasteiger partial charge in [0.05, 0.1) is 6.61 Å². The van der Waals surface area contributed by atoms with E-state index in [1.807, 2.05) is 12.1 Å². The number of fused-ring (bicyclic) bond motifs is 2. The van der Waals surface area contributed by atoms with Crippen LogP contribution in [-0.4, -0.2) is 37.6 Å².